The van der Waals surface area contributed by atoms with Gasteiger partial charge in [0.2, 0.25) is 5.91 Å². The highest BCUT2D eigenvalue weighted by molar-refractivity contribution is 7.10. The Bertz CT molecular complexity index is 1480. The van der Waals surface area contributed by atoms with Crippen molar-refractivity contribution in [2.45, 2.75) is 25.8 Å². The summed E-state index contributed by atoms with van der Waals surface area (Å²) in [5.41, 5.74) is 3.80. The van der Waals surface area contributed by atoms with Gasteiger partial charge in [-0.25, -0.2) is 4.98 Å². The van der Waals surface area contributed by atoms with Crippen LogP contribution in [0.1, 0.15) is 28.3 Å². The zero-order valence-corrected chi connectivity index (χ0v) is 19.1. The summed E-state index contributed by atoms with van der Waals surface area (Å²) in [6, 6.07) is 17.9. The summed E-state index contributed by atoms with van der Waals surface area (Å²) in [7, 11) is 0. The first-order chi connectivity index (χ1) is 16.1. The van der Waals surface area contributed by atoms with Crippen LogP contribution >= 0.6 is 11.3 Å². The monoisotopic (exact) mass is 456 g/mol. The molecule has 1 atom stereocenters. The zero-order valence-electron chi connectivity index (χ0n) is 18.2. The first-order valence-corrected chi connectivity index (χ1v) is 11.8. The van der Waals surface area contributed by atoms with Crippen molar-refractivity contribution in [2.24, 2.45) is 0 Å². The zero-order chi connectivity index (χ0) is 22.8. The molecule has 0 unspecified atom stereocenters. The van der Waals surface area contributed by atoms with E-state index in [0.29, 0.717) is 17.4 Å². The Labute approximate surface area is 194 Å². The molecule has 166 valence electrons. The molecule has 33 heavy (non-hydrogen) atoms. The summed E-state index contributed by atoms with van der Waals surface area (Å²) in [6.07, 6.45) is 3.78. The van der Waals surface area contributed by atoms with Gasteiger partial charge in [-0.2, -0.15) is 0 Å². The summed E-state index contributed by atoms with van der Waals surface area (Å²) in [6.45, 7) is 2.72. The highest BCUT2D eigenvalue weighted by Gasteiger charge is 2.20. The lowest BCUT2D eigenvalue weighted by atomic mass is 9.96. The van der Waals surface area contributed by atoms with Gasteiger partial charge < -0.3 is 10.3 Å². The van der Waals surface area contributed by atoms with Gasteiger partial charge in [0.1, 0.15) is 0 Å². The first kappa shape index (κ1) is 21.2. The maximum Gasteiger partial charge on any atom is 0.261 e. The molecule has 6 nitrogen and oxygen atoms in total. The lowest BCUT2D eigenvalue weighted by molar-refractivity contribution is -0.121. The van der Waals surface area contributed by atoms with E-state index in [9.17, 15) is 9.59 Å². The van der Waals surface area contributed by atoms with Crippen LogP contribution in [0.15, 0.2) is 77.3 Å². The highest BCUT2D eigenvalue weighted by atomic mass is 32.1. The van der Waals surface area contributed by atoms with Crippen molar-refractivity contribution in [3.8, 4) is 0 Å². The molecule has 3 aromatic heterocycles. The van der Waals surface area contributed by atoms with Crippen LogP contribution in [0.25, 0.3) is 21.8 Å². The Morgan fingerprint density at radius 3 is 2.82 bits per heavy atom. The van der Waals surface area contributed by atoms with E-state index < -0.39 is 0 Å². The smallest absolute Gasteiger partial charge is 0.261 e. The predicted octanol–water partition coefficient (Wildman–Crippen LogP) is 4.59. The number of aryl methyl sites for hydroxylation is 2. The number of rotatable bonds is 7. The number of aromatic amines is 1. The number of hydrogen-bond acceptors (Lipinski definition) is 4. The molecule has 0 fully saturated rings. The van der Waals surface area contributed by atoms with E-state index in [1.165, 1.54) is 21.3 Å². The van der Waals surface area contributed by atoms with Gasteiger partial charge in [-0.1, -0.05) is 36.4 Å². The van der Waals surface area contributed by atoms with Crippen molar-refractivity contribution in [2.75, 3.05) is 6.54 Å². The Hall–Kier alpha value is -3.71. The molecule has 2 aromatic carbocycles. The van der Waals surface area contributed by atoms with Crippen molar-refractivity contribution in [3.63, 3.8) is 0 Å². The van der Waals surface area contributed by atoms with Crippen LogP contribution in [-0.2, 0) is 11.3 Å². The SMILES string of the molecule is Cc1cccc2c(=O)n(CCC(=O)NC[C@H](c3cccs3)c3c[nH]c4ccccc34)cnc12. The molecule has 0 aliphatic rings. The number of fused-ring (bicyclic) bond motifs is 2. The second kappa shape index (κ2) is 9.03. The summed E-state index contributed by atoms with van der Waals surface area (Å²) < 4.78 is 1.51. The van der Waals surface area contributed by atoms with Gasteiger partial charge >= 0.3 is 0 Å². The second-order valence-corrected chi connectivity index (χ2v) is 9.11. The number of hydrogen-bond donors (Lipinski definition) is 2. The van der Waals surface area contributed by atoms with Gasteiger partial charge in [-0.15, -0.1) is 11.3 Å². The fourth-order valence-corrected chi connectivity index (χ4v) is 5.10. The van der Waals surface area contributed by atoms with Crippen LogP contribution < -0.4 is 10.9 Å². The molecular formula is C26H24N4O2S. The minimum absolute atomic E-state index is 0.0538. The lowest BCUT2D eigenvalue weighted by Crippen LogP contribution is -2.30. The number of aromatic nitrogens is 3. The predicted molar refractivity (Wildman–Crippen MR) is 133 cm³/mol. The molecule has 0 radical (unpaired) electrons. The van der Waals surface area contributed by atoms with Gasteiger partial charge in [0.25, 0.3) is 5.56 Å². The maximum absolute atomic E-state index is 12.8. The number of carbonyl (C=O) groups is 1. The van der Waals surface area contributed by atoms with Crippen LogP contribution in [0.4, 0.5) is 0 Å². The van der Waals surface area contributed by atoms with Gasteiger partial charge in [-0.3, -0.25) is 14.2 Å². The molecule has 1 amide bonds. The Balaban J connectivity index is 1.30. The van der Waals surface area contributed by atoms with E-state index in [2.05, 4.69) is 38.9 Å². The molecule has 0 spiro atoms. The van der Waals surface area contributed by atoms with Crippen molar-refractivity contribution >= 4 is 39.0 Å². The first-order valence-electron chi connectivity index (χ1n) is 10.9. The third-order valence-electron chi connectivity index (χ3n) is 6.02. The molecule has 0 aliphatic carbocycles. The van der Waals surface area contributed by atoms with Gasteiger partial charge in [0.15, 0.2) is 0 Å². The van der Waals surface area contributed by atoms with E-state index in [-0.39, 0.29) is 30.3 Å². The third-order valence-corrected chi connectivity index (χ3v) is 7.01. The van der Waals surface area contributed by atoms with Crippen LogP contribution in [0.2, 0.25) is 0 Å². The quantitative estimate of drug-likeness (QED) is 0.376. The van der Waals surface area contributed by atoms with E-state index in [0.717, 1.165) is 16.5 Å². The molecule has 3 heterocycles. The topological polar surface area (TPSA) is 79.8 Å². The Kier molecular flexibility index (Phi) is 5.79. The average Bonchev–Trinajstić information content (AvgIpc) is 3.50. The third kappa shape index (κ3) is 4.19. The van der Waals surface area contributed by atoms with E-state index in [4.69, 9.17) is 0 Å². The van der Waals surface area contributed by atoms with Crippen molar-refractivity contribution in [3.05, 3.63) is 98.9 Å². The lowest BCUT2D eigenvalue weighted by Gasteiger charge is -2.16. The van der Waals surface area contributed by atoms with E-state index in [1.54, 1.807) is 17.4 Å². The van der Waals surface area contributed by atoms with Crippen LogP contribution in [0.3, 0.4) is 0 Å². The summed E-state index contributed by atoms with van der Waals surface area (Å²) in [5.74, 6) is -0.0363. The van der Waals surface area contributed by atoms with Crippen molar-refractivity contribution in [1.82, 2.24) is 19.9 Å². The molecule has 0 aliphatic heterocycles. The number of para-hydroxylation sites is 2. The summed E-state index contributed by atoms with van der Waals surface area (Å²) in [5, 5.41) is 6.87. The molecule has 5 rings (SSSR count). The molecule has 0 saturated carbocycles. The Morgan fingerprint density at radius 2 is 1.97 bits per heavy atom. The largest absolute Gasteiger partial charge is 0.361 e. The van der Waals surface area contributed by atoms with E-state index >= 15 is 0 Å². The van der Waals surface area contributed by atoms with Gasteiger partial charge in [0, 0.05) is 47.4 Å². The molecule has 7 heteroatoms. The van der Waals surface area contributed by atoms with E-state index in [1.807, 2.05) is 43.5 Å². The molecule has 0 bridgehead atoms. The summed E-state index contributed by atoms with van der Waals surface area (Å²) >= 11 is 1.68. The fourth-order valence-electron chi connectivity index (χ4n) is 4.26. The molecule has 5 aromatic rings. The number of nitrogens with zero attached hydrogens (tertiary/aromatic N) is 2. The van der Waals surface area contributed by atoms with Gasteiger partial charge in [-0.05, 0) is 41.6 Å². The van der Waals surface area contributed by atoms with Crippen LogP contribution in [0.5, 0.6) is 0 Å². The minimum Gasteiger partial charge on any atom is -0.361 e. The number of carbonyl (C=O) groups excluding carboxylic acids is 1. The average molecular weight is 457 g/mol. The number of thiophene rings is 1. The number of nitrogens with one attached hydrogen (secondary N) is 2. The highest BCUT2D eigenvalue weighted by Crippen LogP contribution is 2.32. The number of benzene rings is 2. The maximum atomic E-state index is 12.8. The molecular weight excluding hydrogens is 432 g/mol. The van der Waals surface area contributed by atoms with Crippen LogP contribution in [-0.4, -0.2) is 27.0 Å². The minimum atomic E-state index is -0.119. The van der Waals surface area contributed by atoms with Crippen molar-refractivity contribution in [1.29, 1.82) is 0 Å². The fraction of sp³-hybridized carbons (Fsp3) is 0.192. The van der Waals surface area contributed by atoms with Crippen LogP contribution in [0, 0.1) is 6.92 Å². The van der Waals surface area contributed by atoms with Crippen molar-refractivity contribution < 1.29 is 4.79 Å². The standard InChI is InChI=1S/C26H24N4O2S/c1-17-6-4-8-19-25(17)29-16-30(26(19)32)12-11-24(31)28-15-21(23-10-5-13-33-23)20-14-27-22-9-3-2-7-18(20)22/h2-10,13-14,16,21,27H,11-12,15H2,1H3,(H,28,31)/t21-/m0/s1. The second-order valence-electron chi connectivity index (χ2n) is 8.13. The Morgan fingerprint density at radius 1 is 1.12 bits per heavy atom. The molecule has 2 N–H and O–H groups in total. The molecule has 0 saturated heterocycles. The van der Waals surface area contributed by atoms with Gasteiger partial charge in [0.05, 0.1) is 17.2 Å². The number of H-pyrrole nitrogens is 1. The summed E-state index contributed by atoms with van der Waals surface area (Å²) in [4.78, 5) is 34.4. The number of amides is 1. The normalized spacial score (nSPS) is 12.3.